The third-order valence-corrected chi connectivity index (χ3v) is 8.73. The van der Waals surface area contributed by atoms with Crippen molar-refractivity contribution in [3.63, 3.8) is 0 Å². The lowest BCUT2D eigenvalue weighted by Gasteiger charge is -2.10. The van der Waals surface area contributed by atoms with Crippen LogP contribution in [0.2, 0.25) is 0 Å². The fourth-order valence-electron chi connectivity index (χ4n) is 6.49. The second kappa shape index (κ2) is 11.2. The molecule has 0 aliphatic heterocycles. The lowest BCUT2D eigenvalue weighted by atomic mass is 9.93. The molecule has 220 valence electrons. The van der Waals surface area contributed by atoms with E-state index in [0.717, 1.165) is 60.9 Å². The average Bonchev–Trinajstić information content (AvgIpc) is 3.53. The van der Waals surface area contributed by atoms with Gasteiger partial charge in [0.1, 0.15) is 11.2 Å². The Labute approximate surface area is 271 Å². The van der Waals surface area contributed by atoms with Crippen LogP contribution in [0.15, 0.2) is 168 Å². The Bertz CT molecular complexity index is 2480. The van der Waals surface area contributed by atoms with Crippen LogP contribution in [0.4, 0.5) is 0 Å². The van der Waals surface area contributed by atoms with Crippen molar-refractivity contribution in [2.75, 3.05) is 0 Å². The standard InChI is InChI=1S/C43H27N3O/c1-4-13-29(14-5-1)38-35-20-11-10-19-33(35)27-36-39-34(21-12-22-37(39)47-40(36)38)28-23-25-32(26-24-28)43-45-41(30-15-6-2-7-16-30)44-42(46-43)31-17-8-3-9-18-31/h1-27H. The highest BCUT2D eigenvalue weighted by Gasteiger charge is 2.19. The topological polar surface area (TPSA) is 51.8 Å². The normalized spacial score (nSPS) is 11.4. The molecule has 0 saturated heterocycles. The monoisotopic (exact) mass is 601 g/mol. The summed E-state index contributed by atoms with van der Waals surface area (Å²) in [5, 5.41) is 4.58. The molecule has 2 aromatic heterocycles. The number of fused-ring (bicyclic) bond motifs is 4. The lowest BCUT2D eigenvalue weighted by Crippen LogP contribution is -2.00. The van der Waals surface area contributed by atoms with Crippen LogP contribution in [-0.2, 0) is 0 Å². The van der Waals surface area contributed by atoms with E-state index in [4.69, 9.17) is 19.4 Å². The smallest absolute Gasteiger partial charge is 0.164 e. The number of rotatable bonds is 5. The van der Waals surface area contributed by atoms with Gasteiger partial charge in [-0.2, -0.15) is 0 Å². The predicted octanol–water partition coefficient (Wildman–Crippen LogP) is 11.3. The first-order chi connectivity index (χ1) is 23.3. The Morgan fingerprint density at radius 1 is 0.383 bits per heavy atom. The van der Waals surface area contributed by atoms with Gasteiger partial charge >= 0.3 is 0 Å². The molecule has 0 fully saturated rings. The molecule has 0 aliphatic rings. The van der Waals surface area contributed by atoms with E-state index in [2.05, 4.69) is 97.1 Å². The van der Waals surface area contributed by atoms with Crippen molar-refractivity contribution >= 4 is 32.7 Å². The van der Waals surface area contributed by atoms with E-state index in [0.29, 0.717) is 17.5 Å². The third kappa shape index (κ3) is 4.75. The molecular weight excluding hydrogens is 574 g/mol. The number of hydrogen-bond acceptors (Lipinski definition) is 4. The molecule has 4 nitrogen and oxygen atoms in total. The van der Waals surface area contributed by atoms with Crippen molar-refractivity contribution < 1.29 is 4.42 Å². The van der Waals surface area contributed by atoms with Crippen molar-refractivity contribution in [3.8, 4) is 56.4 Å². The zero-order chi connectivity index (χ0) is 31.2. The summed E-state index contributed by atoms with van der Waals surface area (Å²) in [4.78, 5) is 14.7. The highest BCUT2D eigenvalue weighted by atomic mass is 16.3. The van der Waals surface area contributed by atoms with E-state index in [1.807, 2.05) is 66.7 Å². The summed E-state index contributed by atoms with van der Waals surface area (Å²) < 4.78 is 6.68. The van der Waals surface area contributed by atoms with Crippen LogP contribution in [0.5, 0.6) is 0 Å². The second-order valence-corrected chi connectivity index (χ2v) is 11.6. The highest BCUT2D eigenvalue weighted by molar-refractivity contribution is 6.21. The van der Waals surface area contributed by atoms with E-state index >= 15 is 0 Å². The van der Waals surface area contributed by atoms with Crippen LogP contribution < -0.4 is 0 Å². The van der Waals surface area contributed by atoms with E-state index < -0.39 is 0 Å². The van der Waals surface area contributed by atoms with Crippen molar-refractivity contribution in [1.29, 1.82) is 0 Å². The Balaban J connectivity index is 1.20. The summed E-state index contributed by atoms with van der Waals surface area (Å²) in [6.07, 6.45) is 0. The van der Waals surface area contributed by atoms with Crippen LogP contribution in [0.3, 0.4) is 0 Å². The zero-order valence-corrected chi connectivity index (χ0v) is 25.3. The maximum Gasteiger partial charge on any atom is 0.164 e. The summed E-state index contributed by atoms with van der Waals surface area (Å²) in [6.45, 7) is 0. The Hall–Kier alpha value is -6.39. The highest BCUT2D eigenvalue weighted by Crippen LogP contribution is 2.44. The average molecular weight is 602 g/mol. The van der Waals surface area contributed by atoms with Crippen LogP contribution >= 0.6 is 0 Å². The summed E-state index contributed by atoms with van der Waals surface area (Å²) in [5.74, 6) is 1.93. The molecule has 2 heterocycles. The van der Waals surface area contributed by atoms with E-state index in [1.165, 1.54) is 10.8 Å². The molecule has 0 unspecified atom stereocenters. The van der Waals surface area contributed by atoms with E-state index in [1.54, 1.807) is 0 Å². The van der Waals surface area contributed by atoms with Gasteiger partial charge in [-0.05, 0) is 39.6 Å². The second-order valence-electron chi connectivity index (χ2n) is 11.6. The van der Waals surface area contributed by atoms with Gasteiger partial charge in [0.25, 0.3) is 0 Å². The minimum Gasteiger partial charge on any atom is -0.455 e. The molecule has 4 heteroatoms. The van der Waals surface area contributed by atoms with Crippen molar-refractivity contribution in [3.05, 3.63) is 164 Å². The van der Waals surface area contributed by atoms with Gasteiger partial charge in [-0.25, -0.2) is 15.0 Å². The number of hydrogen-bond donors (Lipinski definition) is 0. The van der Waals surface area contributed by atoms with Crippen molar-refractivity contribution in [2.45, 2.75) is 0 Å². The molecule has 0 saturated carbocycles. The van der Waals surface area contributed by atoms with Gasteiger partial charge in [0.2, 0.25) is 0 Å². The first kappa shape index (κ1) is 27.0. The number of nitrogens with zero attached hydrogens (tertiary/aromatic N) is 3. The van der Waals surface area contributed by atoms with E-state index in [9.17, 15) is 0 Å². The molecule has 0 aliphatic carbocycles. The molecule has 9 aromatic rings. The van der Waals surface area contributed by atoms with Gasteiger partial charge in [0.15, 0.2) is 17.5 Å². The third-order valence-electron chi connectivity index (χ3n) is 8.73. The Morgan fingerprint density at radius 3 is 1.51 bits per heavy atom. The van der Waals surface area contributed by atoms with Gasteiger partial charge in [0.05, 0.1) is 0 Å². The van der Waals surface area contributed by atoms with Gasteiger partial charge in [-0.3, -0.25) is 0 Å². The number of furan rings is 1. The van der Waals surface area contributed by atoms with Gasteiger partial charge in [-0.1, -0.05) is 152 Å². The molecule has 0 bridgehead atoms. The fourth-order valence-corrected chi connectivity index (χ4v) is 6.49. The lowest BCUT2D eigenvalue weighted by molar-refractivity contribution is 0.670. The van der Waals surface area contributed by atoms with Crippen LogP contribution in [0, 0.1) is 0 Å². The maximum absolute atomic E-state index is 6.68. The SMILES string of the molecule is c1ccc(-c2nc(-c3ccccc3)nc(-c3ccc(-c4cccc5oc6c(-c7ccccc7)c7ccccc7cc6c45)cc3)n2)cc1. The summed E-state index contributed by atoms with van der Waals surface area (Å²) >= 11 is 0. The molecular formula is C43H27N3O. The molecule has 0 atom stereocenters. The van der Waals surface area contributed by atoms with Gasteiger partial charge in [-0.15, -0.1) is 0 Å². The molecule has 0 amide bonds. The van der Waals surface area contributed by atoms with Crippen molar-refractivity contribution in [1.82, 2.24) is 15.0 Å². The molecule has 0 radical (unpaired) electrons. The largest absolute Gasteiger partial charge is 0.455 e. The quantitative estimate of drug-likeness (QED) is 0.197. The minimum atomic E-state index is 0.634. The summed E-state index contributed by atoms with van der Waals surface area (Å²) in [6, 6.07) is 56.2. The predicted molar refractivity (Wildman–Crippen MR) is 192 cm³/mol. The first-order valence-corrected chi connectivity index (χ1v) is 15.7. The van der Waals surface area contributed by atoms with Gasteiger partial charge < -0.3 is 4.42 Å². The molecule has 47 heavy (non-hydrogen) atoms. The molecule has 7 aromatic carbocycles. The molecule has 0 N–H and O–H groups in total. The molecule has 9 rings (SSSR count). The van der Waals surface area contributed by atoms with Gasteiger partial charge in [0, 0.05) is 33.0 Å². The first-order valence-electron chi connectivity index (χ1n) is 15.7. The van der Waals surface area contributed by atoms with Crippen molar-refractivity contribution in [2.24, 2.45) is 0 Å². The minimum absolute atomic E-state index is 0.634. The Kier molecular flexibility index (Phi) is 6.43. The van der Waals surface area contributed by atoms with Crippen LogP contribution in [0.25, 0.3) is 89.1 Å². The fraction of sp³-hybridized carbons (Fsp3) is 0. The zero-order valence-electron chi connectivity index (χ0n) is 25.3. The number of aromatic nitrogens is 3. The maximum atomic E-state index is 6.68. The van der Waals surface area contributed by atoms with E-state index in [-0.39, 0.29) is 0 Å². The summed E-state index contributed by atoms with van der Waals surface area (Å²) in [7, 11) is 0. The number of benzene rings is 7. The Morgan fingerprint density at radius 2 is 0.894 bits per heavy atom. The van der Waals surface area contributed by atoms with Crippen LogP contribution in [-0.4, -0.2) is 15.0 Å². The van der Waals surface area contributed by atoms with Crippen LogP contribution in [0.1, 0.15) is 0 Å². The molecule has 0 spiro atoms. The summed E-state index contributed by atoms with van der Waals surface area (Å²) in [5.41, 5.74) is 9.07.